The molecule has 2 unspecified atom stereocenters. The first-order valence-corrected chi connectivity index (χ1v) is 17.7. The van der Waals surface area contributed by atoms with Gasteiger partial charge in [-0.3, -0.25) is 0 Å². The van der Waals surface area contributed by atoms with Gasteiger partial charge in [0.2, 0.25) is 0 Å². The number of hydrogen-bond acceptors (Lipinski definition) is 0. The third-order valence-electron chi connectivity index (χ3n) is 8.75. The van der Waals surface area contributed by atoms with Gasteiger partial charge in [-0.15, -0.1) is 0 Å². The smallest absolute Gasteiger partial charge is 0.0443 e. The fraction of sp³-hybridized carbons (Fsp3) is 1.00. The van der Waals surface area contributed by atoms with Crippen LogP contribution in [0.3, 0.4) is 0 Å². The van der Waals surface area contributed by atoms with Gasteiger partial charge >= 0.3 is 0 Å². The zero-order valence-electron chi connectivity index (χ0n) is 26.4. The molecular weight excluding hydrogens is 432 g/mol. The minimum Gasteiger partial charge on any atom is -0.0654 e. The molecule has 0 rings (SSSR count). The molecule has 0 saturated heterocycles. The molecule has 0 nitrogen and oxygen atoms in total. The molecule has 0 saturated carbocycles. The van der Waals surface area contributed by atoms with Gasteiger partial charge < -0.3 is 0 Å². The van der Waals surface area contributed by atoms with Crippen molar-refractivity contribution in [2.24, 2.45) is 11.8 Å². The molecule has 0 aromatic rings. The summed E-state index contributed by atoms with van der Waals surface area (Å²) in [7, 11) is 0. The average molecular weight is 507 g/mol. The molecule has 0 radical (unpaired) electrons. The minimum absolute atomic E-state index is 0.951. The predicted molar refractivity (Wildman–Crippen MR) is 168 cm³/mol. The molecule has 0 aromatic carbocycles. The van der Waals surface area contributed by atoms with Crippen LogP contribution in [0.15, 0.2) is 0 Å². The maximum atomic E-state index is 2.51. The molecule has 0 amide bonds. The number of rotatable bonds is 31. The predicted octanol–water partition coefficient (Wildman–Crippen LogP) is 14.0. The van der Waals surface area contributed by atoms with Crippen LogP contribution in [0.5, 0.6) is 0 Å². The molecular formula is C36H74. The zero-order valence-corrected chi connectivity index (χ0v) is 26.4. The lowest BCUT2D eigenvalue weighted by Crippen LogP contribution is -2.01. The Morgan fingerprint density at radius 2 is 0.444 bits per heavy atom. The summed E-state index contributed by atoms with van der Waals surface area (Å²) >= 11 is 0. The molecule has 0 aliphatic heterocycles. The molecule has 2 atom stereocenters. The summed E-state index contributed by atoms with van der Waals surface area (Å²) < 4.78 is 0. The lowest BCUT2D eigenvalue weighted by molar-refractivity contribution is 0.376. The second-order valence-corrected chi connectivity index (χ2v) is 12.9. The first-order chi connectivity index (χ1) is 17.7. The van der Waals surface area contributed by atoms with Crippen molar-refractivity contribution in [1.82, 2.24) is 0 Å². The lowest BCUT2D eigenvalue weighted by atomic mass is 9.91. The highest BCUT2D eigenvalue weighted by Crippen LogP contribution is 2.22. The largest absolute Gasteiger partial charge is 0.0654 e. The second kappa shape index (κ2) is 31.2. The molecule has 36 heavy (non-hydrogen) atoms. The van der Waals surface area contributed by atoms with Gasteiger partial charge in [-0.25, -0.2) is 0 Å². The van der Waals surface area contributed by atoms with E-state index in [1.807, 2.05) is 0 Å². The standard InChI is InChI=1S/C36H74/c1-5-7-9-11-13-15-16-17-18-19-20-21-22-23-24-26-28-30-32-36(4)34-33-35(3)31-29-27-25-14-12-10-8-6-2/h35-36H,5-34H2,1-4H3. The Kier molecular flexibility index (Phi) is 31.2. The summed E-state index contributed by atoms with van der Waals surface area (Å²) in [6.45, 7) is 9.63. The van der Waals surface area contributed by atoms with Crippen molar-refractivity contribution in [3.05, 3.63) is 0 Å². The highest BCUT2D eigenvalue weighted by atomic mass is 14.1. The lowest BCUT2D eigenvalue weighted by Gasteiger charge is -2.15. The Balaban J connectivity index is 3.23. The topological polar surface area (TPSA) is 0 Å². The van der Waals surface area contributed by atoms with Crippen molar-refractivity contribution in [2.75, 3.05) is 0 Å². The van der Waals surface area contributed by atoms with E-state index in [1.165, 1.54) is 193 Å². The Bertz CT molecular complexity index is 372. The van der Waals surface area contributed by atoms with Gasteiger partial charge in [-0.2, -0.15) is 0 Å². The Hall–Kier alpha value is 0. The number of unbranched alkanes of at least 4 members (excludes halogenated alkanes) is 24. The van der Waals surface area contributed by atoms with Crippen LogP contribution in [0.25, 0.3) is 0 Å². The fourth-order valence-electron chi connectivity index (χ4n) is 5.88. The van der Waals surface area contributed by atoms with E-state index in [1.54, 1.807) is 0 Å². The molecule has 0 bridgehead atoms. The molecule has 0 heteroatoms. The summed E-state index contributed by atoms with van der Waals surface area (Å²) in [4.78, 5) is 0. The van der Waals surface area contributed by atoms with E-state index in [-0.39, 0.29) is 0 Å². The monoisotopic (exact) mass is 507 g/mol. The van der Waals surface area contributed by atoms with E-state index >= 15 is 0 Å². The van der Waals surface area contributed by atoms with Crippen LogP contribution in [0, 0.1) is 11.8 Å². The first kappa shape index (κ1) is 36.0. The maximum absolute atomic E-state index is 2.51. The SMILES string of the molecule is CCCCCCCCCCCCCCCCCCCCC(C)CCC(C)CCCCCCCCCC. The highest BCUT2D eigenvalue weighted by Gasteiger charge is 2.07. The molecule has 0 spiro atoms. The van der Waals surface area contributed by atoms with Crippen LogP contribution >= 0.6 is 0 Å². The van der Waals surface area contributed by atoms with E-state index < -0.39 is 0 Å². The second-order valence-electron chi connectivity index (χ2n) is 12.9. The van der Waals surface area contributed by atoms with Crippen LogP contribution in [-0.4, -0.2) is 0 Å². The maximum Gasteiger partial charge on any atom is -0.0443 e. The first-order valence-electron chi connectivity index (χ1n) is 17.7. The zero-order chi connectivity index (χ0) is 26.4. The quantitative estimate of drug-likeness (QED) is 0.0820. The molecule has 0 heterocycles. The Labute approximate surface area is 232 Å². The van der Waals surface area contributed by atoms with Crippen molar-refractivity contribution < 1.29 is 0 Å². The third kappa shape index (κ3) is 30.2. The Morgan fingerprint density at radius 1 is 0.250 bits per heavy atom. The number of hydrogen-bond donors (Lipinski definition) is 0. The van der Waals surface area contributed by atoms with Gasteiger partial charge in [0.15, 0.2) is 0 Å². The van der Waals surface area contributed by atoms with Gasteiger partial charge in [0.05, 0.1) is 0 Å². The molecule has 0 aliphatic rings. The molecule has 0 aliphatic carbocycles. The summed E-state index contributed by atoms with van der Waals surface area (Å²) in [5.41, 5.74) is 0. The van der Waals surface area contributed by atoms with E-state index in [9.17, 15) is 0 Å². The van der Waals surface area contributed by atoms with Crippen molar-refractivity contribution in [3.8, 4) is 0 Å². The van der Waals surface area contributed by atoms with Crippen molar-refractivity contribution in [3.63, 3.8) is 0 Å². The van der Waals surface area contributed by atoms with Crippen molar-refractivity contribution in [2.45, 2.75) is 220 Å². The fourth-order valence-corrected chi connectivity index (χ4v) is 5.88. The van der Waals surface area contributed by atoms with Crippen LogP contribution < -0.4 is 0 Å². The van der Waals surface area contributed by atoms with Gasteiger partial charge in [0.25, 0.3) is 0 Å². The van der Waals surface area contributed by atoms with Crippen molar-refractivity contribution in [1.29, 1.82) is 0 Å². The molecule has 218 valence electrons. The van der Waals surface area contributed by atoms with E-state index in [4.69, 9.17) is 0 Å². The van der Waals surface area contributed by atoms with E-state index in [0.717, 1.165) is 11.8 Å². The highest BCUT2D eigenvalue weighted by molar-refractivity contribution is 4.60. The summed E-state index contributed by atoms with van der Waals surface area (Å²) in [5, 5.41) is 0. The third-order valence-corrected chi connectivity index (χ3v) is 8.75. The van der Waals surface area contributed by atoms with Gasteiger partial charge in [0.1, 0.15) is 0 Å². The van der Waals surface area contributed by atoms with E-state index in [0.29, 0.717) is 0 Å². The van der Waals surface area contributed by atoms with Crippen LogP contribution in [0.2, 0.25) is 0 Å². The minimum atomic E-state index is 0.951. The Morgan fingerprint density at radius 3 is 0.667 bits per heavy atom. The summed E-state index contributed by atoms with van der Waals surface area (Å²) in [5.74, 6) is 1.90. The van der Waals surface area contributed by atoms with Crippen LogP contribution in [0.4, 0.5) is 0 Å². The van der Waals surface area contributed by atoms with Gasteiger partial charge in [0, 0.05) is 0 Å². The normalized spacial score (nSPS) is 13.3. The summed E-state index contributed by atoms with van der Waals surface area (Å²) in [6.07, 6.45) is 44.1. The average Bonchev–Trinajstić information content (AvgIpc) is 2.88. The van der Waals surface area contributed by atoms with Crippen LogP contribution in [-0.2, 0) is 0 Å². The van der Waals surface area contributed by atoms with Crippen LogP contribution in [0.1, 0.15) is 220 Å². The molecule has 0 N–H and O–H groups in total. The summed E-state index contributed by atoms with van der Waals surface area (Å²) in [6, 6.07) is 0. The molecule has 0 fully saturated rings. The van der Waals surface area contributed by atoms with Crippen molar-refractivity contribution >= 4 is 0 Å². The molecule has 0 aromatic heterocycles. The van der Waals surface area contributed by atoms with Gasteiger partial charge in [-0.1, -0.05) is 220 Å². The van der Waals surface area contributed by atoms with E-state index in [2.05, 4.69) is 27.7 Å². The van der Waals surface area contributed by atoms with Gasteiger partial charge in [-0.05, 0) is 11.8 Å².